The minimum Gasteiger partial charge on any atom is -0.277 e. The normalized spacial score (nSPS) is 25.6. The van der Waals surface area contributed by atoms with Crippen molar-refractivity contribution >= 4 is 14.9 Å². The molecular weight excluding hydrogens is 81.0 g/mol. The Bertz CT molecular complexity index is 44.9. The zero-order valence-corrected chi connectivity index (χ0v) is 3.94. The maximum Gasteiger partial charge on any atom is 0.00317 e. The van der Waals surface area contributed by atoms with Gasteiger partial charge >= 0.3 is 0 Å². The molecular formula is C3H6NP. The molecule has 0 N–H and O–H groups in total. The Labute approximate surface area is 33.3 Å². The third-order valence-electron chi connectivity index (χ3n) is 0.568. The molecule has 0 amide bonds. The molecule has 2 heteroatoms. The Kier molecular flexibility index (Phi) is 0.999. The summed E-state index contributed by atoms with van der Waals surface area (Å²) < 4.78 is 3.99. The SMILES string of the molecule is C1=NPCC1. The summed E-state index contributed by atoms with van der Waals surface area (Å²) in [6.45, 7) is 0. The lowest BCUT2D eigenvalue weighted by molar-refractivity contribution is 1.38. The molecule has 1 aliphatic rings. The van der Waals surface area contributed by atoms with Crippen molar-refractivity contribution in [1.82, 2.24) is 0 Å². The molecule has 0 fully saturated rings. The van der Waals surface area contributed by atoms with E-state index in [1.54, 1.807) is 0 Å². The fourth-order valence-corrected chi connectivity index (χ4v) is 0.968. The van der Waals surface area contributed by atoms with Gasteiger partial charge in [-0.15, -0.1) is 0 Å². The van der Waals surface area contributed by atoms with Gasteiger partial charge in [0.05, 0.1) is 0 Å². The van der Waals surface area contributed by atoms with Crippen molar-refractivity contribution in [3.05, 3.63) is 0 Å². The van der Waals surface area contributed by atoms with Crippen LogP contribution in [0.2, 0.25) is 0 Å². The molecule has 0 aromatic heterocycles. The third kappa shape index (κ3) is 0.695. The lowest BCUT2D eigenvalue weighted by Crippen LogP contribution is -1.61. The number of hydrogen-bond acceptors (Lipinski definition) is 1. The Morgan fingerprint density at radius 2 is 2.80 bits per heavy atom. The minimum atomic E-state index is 0.878. The second kappa shape index (κ2) is 1.51. The molecule has 5 heavy (non-hydrogen) atoms. The van der Waals surface area contributed by atoms with E-state index in [0.29, 0.717) is 0 Å². The van der Waals surface area contributed by atoms with E-state index in [4.69, 9.17) is 0 Å². The lowest BCUT2D eigenvalue weighted by atomic mass is 10.6. The number of nitrogens with zero attached hydrogens (tertiary/aromatic N) is 1. The van der Waals surface area contributed by atoms with Crippen LogP contribution >= 0.6 is 8.73 Å². The molecule has 0 bridgehead atoms. The fourth-order valence-electron chi connectivity index (χ4n) is 0.323. The van der Waals surface area contributed by atoms with Crippen molar-refractivity contribution in [1.29, 1.82) is 0 Å². The average Bonchev–Trinajstić information content (AvgIpc) is 1.76. The maximum atomic E-state index is 3.99. The summed E-state index contributed by atoms with van der Waals surface area (Å²) in [6, 6.07) is 0. The molecule has 0 aromatic carbocycles. The monoisotopic (exact) mass is 87.0 g/mol. The van der Waals surface area contributed by atoms with E-state index in [2.05, 4.69) is 4.76 Å². The predicted molar refractivity (Wildman–Crippen MR) is 26.3 cm³/mol. The molecule has 0 radical (unpaired) electrons. The molecule has 1 nitrogen and oxygen atoms in total. The van der Waals surface area contributed by atoms with E-state index in [9.17, 15) is 0 Å². The van der Waals surface area contributed by atoms with Gasteiger partial charge in [-0.05, 0) is 12.6 Å². The van der Waals surface area contributed by atoms with Crippen molar-refractivity contribution in [2.75, 3.05) is 6.16 Å². The first-order valence-corrected chi connectivity index (χ1v) is 2.90. The van der Waals surface area contributed by atoms with Crippen molar-refractivity contribution < 1.29 is 0 Å². The van der Waals surface area contributed by atoms with Gasteiger partial charge in [-0.3, -0.25) is 4.76 Å². The zero-order chi connectivity index (χ0) is 3.54. The minimum absolute atomic E-state index is 0.878. The molecule has 1 aliphatic heterocycles. The first-order valence-electron chi connectivity index (χ1n) is 1.74. The highest BCUT2D eigenvalue weighted by Gasteiger charge is 1.85. The van der Waals surface area contributed by atoms with Crippen LogP contribution in [0.1, 0.15) is 6.42 Å². The topological polar surface area (TPSA) is 12.4 Å². The largest absolute Gasteiger partial charge is 0.277 e. The van der Waals surface area contributed by atoms with Gasteiger partial charge in [0, 0.05) is 14.9 Å². The highest BCUT2D eigenvalue weighted by molar-refractivity contribution is 7.37. The summed E-state index contributed by atoms with van der Waals surface area (Å²) in [5.41, 5.74) is 0. The van der Waals surface area contributed by atoms with E-state index >= 15 is 0 Å². The summed E-state index contributed by atoms with van der Waals surface area (Å²) in [7, 11) is 0.878. The lowest BCUT2D eigenvalue weighted by Gasteiger charge is -1.67. The van der Waals surface area contributed by atoms with E-state index in [0.717, 1.165) is 8.73 Å². The summed E-state index contributed by atoms with van der Waals surface area (Å²) in [6.07, 6.45) is 4.52. The Morgan fingerprint density at radius 3 is 3.00 bits per heavy atom. The van der Waals surface area contributed by atoms with Crippen molar-refractivity contribution in [2.24, 2.45) is 4.76 Å². The quantitative estimate of drug-likeness (QED) is 0.391. The molecule has 1 heterocycles. The van der Waals surface area contributed by atoms with Gasteiger partial charge in [-0.1, -0.05) is 0 Å². The van der Waals surface area contributed by atoms with Gasteiger partial charge in [-0.2, -0.15) is 0 Å². The zero-order valence-electron chi connectivity index (χ0n) is 2.94. The van der Waals surface area contributed by atoms with E-state index < -0.39 is 0 Å². The highest BCUT2D eigenvalue weighted by atomic mass is 31.1. The van der Waals surface area contributed by atoms with Crippen LogP contribution in [0.25, 0.3) is 0 Å². The van der Waals surface area contributed by atoms with Crippen molar-refractivity contribution in [2.45, 2.75) is 6.42 Å². The standard InChI is InChI=1S/C3H6NP/c1-2-4-5-3-1/h2,5H,1,3H2. The third-order valence-corrected chi connectivity index (χ3v) is 1.45. The molecule has 0 saturated heterocycles. The molecule has 0 aromatic rings. The molecule has 0 aliphatic carbocycles. The van der Waals surface area contributed by atoms with Gasteiger partial charge in [-0.25, -0.2) is 0 Å². The summed E-state index contributed by atoms with van der Waals surface area (Å²) in [4.78, 5) is 0. The Hall–Kier alpha value is 0.100. The van der Waals surface area contributed by atoms with Crippen LogP contribution in [0.4, 0.5) is 0 Å². The van der Waals surface area contributed by atoms with Crippen LogP contribution < -0.4 is 0 Å². The van der Waals surface area contributed by atoms with Crippen molar-refractivity contribution in [3.8, 4) is 0 Å². The average molecular weight is 87.1 g/mol. The van der Waals surface area contributed by atoms with Gasteiger partial charge in [0.15, 0.2) is 0 Å². The summed E-state index contributed by atoms with van der Waals surface area (Å²) in [5, 5.41) is 0. The number of rotatable bonds is 0. The van der Waals surface area contributed by atoms with Crippen LogP contribution in [-0.4, -0.2) is 12.4 Å². The van der Waals surface area contributed by atoms with Crippen LogP contribution in [0.5, 0.6) is 0 Å². The number of hydrogen-bond donors (Lipinski definition) is 0. The first-order chi connectivity index (χ1) is 2.50. The molecule has 0 spiro atoms. The Morgan fingerprint density at radius 1 is 1.80 bits per heavy atom. The fraction of sp³-hybridized carbons (Fsp3) is 0.667. The maximum absolute atomic E-state index is 3.99. The first kappa shape index (κ1) is 3.30. The smallest absolute Gasteiger partial charge is 0.00317 e. The van der Waals surface area contributed by atoms with Gasteiger partial charge in [0.2, 0.25) is 0 Å². The Balaban J connectivity index is 2.32. The van der Waals surface area contributed by atoms with Crippen LogP contribution in [0.15, 0.2) is 4.76 Å². The predicted octanol–water partition coefficient (Wildman–Crippen LogP) is 1.05. The van der Waals surface area contributed by atoms with Gasteiger partial charge in [0.25, 0.3) is 0 Å². The molecule has 1 unspecified atom stereocenters. The van der Waals surface area contributed by atoms with Crippen molar-refractivity contribution in [3.63, 3.8) is 0 Å². The highest BCUT2D eigenvalue weighted by Crippen LogP contribution is 2.16. The summed E-state index contributed by atoms with van der Waals surface area (Å²) in [5.74, 6) is 0. The molecule has 0 saturated carbocycles. The summed E-state index contributed by atoms with van der Waals surface area (Å²) >= 11 is 0. The van der Waals surface area contributed by atoms with Crippen LogP contribution in [0.3, 0.4) is 0 Å². The van der Waals surface area contributed by atoms with E-state index in [-0.39, 0.29) is 0 Å². The molecule has 1 rings (SSSR count). The van der Waals surface area contributed by atoms with E-state index in [1.165, 1.54) is 12.6 Å². The van der Waals surface area contributed by atoms with E-state index in [1.807, 2.05) is 6.21 Å². The molecule has 28 valence electrons. The van der Waals surface area contributed by atoms with Gasteiger partial charge < -0.3 is 0 Å². The molecule has 1 atom stereocenters. The second-order valence-corrected chi connectivity index (χ2v) is 2.08. The van der Waals surface area contributed by atoms with Crippen LogP contribution in [0, 0.1) is 0 Å². The van der Waals surface area contributed by atoms with Crippen LogP contribution in [-0.2, 0) is 0 Å². The van der Waals surface area contributed by atoms with Gasteiger partial charge in [0.1, 0.15) is 0 Å². The second-order valence-electron chi connectivity index (χ2n) is 1.01.